The fourth-order valence-corrected chi connectivity index (χ4v) is 3.25. The fraction of sp³-hybridized carbons (Fsp3) is 0.278. The number of nitrogens with one attached hydrogen (secondary N) is 1. The van der Waals surface area contributed by atoms with E-state index in [1.165, 1.54) is 16.9 Å². The number of rotatable bonds is 4. The van der Waals surface area contributed by atoms with Crippen LogP contribution in [0.2, 0.25) is 0 Å². The van der Waals surface area contributed by atoms with E-state index in [1.807, 2.05) is 19.9 Å². The molecular weight excluding hydrogens is 320 g/mol. The maximum Gasteiger partial charge on any atom is 0.259 e. The summed E-state index contributed by atoms with van der Waals surface area (Å²) in [6.45, 7) is 8.33. The summed E-state index contributed by atoms with van der Waals surface area (Å²) >= 11 is 1.30. The van der Waals surface area contributed by atoms with Crippen molar-refractivity contribution in [2.45, 2.75) is 33.6 Å². The molecule has 0 atom stereocenters. The molecule has 0 spiro atoms. The number of benzene rings is 1. The summed E-state index contributed by atoms with van der Waals surface area (Å²) in [5, 5.41) is 10.9. The molecular formula is C18H20N4OS. The Hall–Kier alpha value is -2.47. The molecule has 0 saturated heterocycles. The zero-order valence-electron chi connectivity index (χ0n) is 14.2. The van der Waals surface area contributed by atoms with Crippen LogP contribution in [0.15, 0.2) is 35.8 Å². The number of carbonyl (C=O) groups excluding carboxylic acids is 1. The third-order valence-corrected chi connectivity index (χ3v) is 4.66. The average molecular weight is 340 g/mol. The number of amides is 1. The van der Waals surface area contributed by atoms with Crippen molar-refractivity contribution < 1.29 is 4.79 Å². The minimum atomic E-state index is -0.161. The molecule has 3 rings (SSSR count). The highest BCUT2D eigenvalue weighted by molar-refractivity contribution is 7.13. The van der Waals surface area contributed by atoms with Crippen molar-refractivity contribution in [3.8, 4) is 5.69 Å². The molecule has 0 unspecified atom stereocenters. The molecule has 0 aliphatic carbocycles. The van der Waals surface area contributed by atoms with Crippen molar-refractivity contribution in [2.24, 2.45) is 0 Å². The summed E-state index contributed by atoms with van der Waals surface area (Å²) in [4.78, 5) is 12.5. The highest BCUT2D eigenvalue weighted by atomic mass is 32.1. The van der Waals surface area contributed by atoms with Gasteiger partial charge in [-0.25, -0.2) is 0 Å². The Balaban J connectivity index is 1.97. The van der Waals surface area contributed by atoms with E-state index in [9.17, 15) is 4.79 Å². The van der Waals surface area contributed by atoms with Gasteiger partial charge in [-0.1, -0.05) is 37.3 Å². The summed E-state index contributed by atoms with van der Waals surface area (Å²) in [5.41, 5.74) is 6.53. The van der Waals surface area contributed by atoms with Crippen LogP contribution in [-0.2, 0) is 0 Å². The Kier molecular flexibility index (Phi) is 4.49. The second-order valence-electron chi connectivity index (χ2n) is 6.07. The minimum absolute atomic E-state index is 0.161. The van der Waals surface area contributed by atoms with Gasteiger partial charge in [0.2, 0.25) is 5.13 Å². The van der Waals surface area contributed by atoms with Gasteiger partial charge in [-0.05, 0) is 43.5 Å². The summed E-state index contributed by atoms with van der Waals surface area (Å²) in [7, 11) is 0. The van der Waals surface area contributed by atoms with Gasteiger partial charge >= 0.3 is 0 Å². The first kappa shape index (κ1) is 16.4. The number of anilines is 1. The molecule has 3 aromatic rings. The smallest absolute Gasteiger partial charge is 0.259 e. The lowest BCUT2D eigenvalue weighted by Gasteiger charge is -2.13. The molecule has 0 aliphatic heterocycles. The second kappa shape index (κ2) is 6.57. The molecule has 0 bridgehead atoms. The molecule has 0 saturated carbocycles. The van der Waals surface area contributed by atoms with Gasteiger partial charge in [-0.2, -0.15) is 0 Å². The Labute approximate surface area is 145 Å². The van der Waals surface area contributed by atoms with Crippen LogP contribution in [0.25, 0.3) is 5.69 Å². The van der Waals surface area contributed by atoms with Gasteiger partial charge in [0, 0.05) is 17.1 Å². The lowest BCUT2D eigenvalue weighted by molar-refractivity contribution is 0.102. The second-order valence-corrected chi connectivity index (χ2v) is 6.90. The average Bonchev–Trinajstić information content (AvgIpc) is 3.15. The zero-order chi connectivity index (χ0) is 17.3. The Bertz CT molecular complexity index is 865. The first-order chi connectivity index (χ1) is 11.5. The van der Waals surface area contributed by atoms with Crippen molar-refractivity contribution in [3.05, 3.63) is 58.4 Å². The summed E-state index contributed by atoms with van der Waals surface area (Å²) < 4.78 is 2.11. The van der Waals surface area contributed by atoms with Crippen molar-refractivity contribution in [2.75, 3.05) is 5.32 Å². The minimum Gasteiger partial charge on any atom is -0.318 e. The van der Waals surface area contributed by atoms with Crippen LogP contribution in [0.5, 0.6) is 0 Å². The maximum atomic E-state index is 12.5. The van der Waals surface area contributed by atoms with E-state index < -0.39 is 0 Å². The first-order valence-electron chi connectivity index (χ1n) is 7.84. The van der Waals surface area contributed by atoms with Gasteiger partial charge in [0.05, 0.1) is 5.56 Å². The molecule has 0 fully saturated rings. The van der Waals surface area contributed by atoms with E-state index in [4.69, 9.17) is 0 Å². The Morgan fingerprint density at radius 2 is 2.04 bits per heavy atom. The summed E-state index contributed by atoms with van der Waals surface area (Å²) in [6.07, 6.45) is 0. The third kappa shape index (κ3) is 3.10. The van der Waals surface area contributed by atoms with Crippen LogP contribution in [0, 0.1) is 13.8 Å². The van der Waals surface area contributed by atoms with Gasteiger partial charge in [0.25, 0.3) is 5.91 Å². The van der Waals surface area contributed by atoms with Crippen LogP contribution in [0.1, 0.15) is 47.1 Å². The predicted octanol–water partition coefficient (Wildman–Crippen LogP) is 4.32. The van der Waals surface area contributed by atoms with Crippen LogP contribution in [0.3, 0.4) is 0 Å². The molecule has 2 heterocycles. The Morgan fingerprint density at radius 3 is 2.71 bits per heavy atom. The van der Waals surface area contributed by atoms with Crippen molar-refractivity contribution >= 4 is 22.4 Å². The lowest BCUT2D eigenvalue weighted by Crippen LogP contribution is -2.13. The SMILES string of the molecule is Cc1cc(C(=O)Nc2nncs2)c(C)n1-c1cccc(C(C)C)c1. The molecule has 0 radical (unpaired) electrons. The lowest BCUT2D eigenvalue weighted by atomic mass is 10.0. The van der Waals surface area contributed by atoms with Crippen LogP contribution in [-0.4, -0.2) is 20.7 Å². The van der Waals surface area contributed by atoms with E-state index in [0.29, 0.717) is 16.6 Å². The molecule has 1 amide bonds. The zero-order valence-corrected chi connectivity index (χ0v) is 15.0. The topological polar surface area (TPSA) is 59.8 Å². The highest BCUT2D eigenvalue weighted by Crippen LogP contribution is 2.24. The van der Waals surface area contributed by atoms with E-state index in [-0.39, 0.29) is 5.91 Å². The van der Waals surface area contributed by atoms with Crippen molar-refractivity contribution in [1.82, 2.24) is 14.8 Å². The number of hydrogen-bond donors (Lipinski definition) is 1. The van der Waals surface area contributed by atoms with Gasteiger partial charge < -0.3 is 4.57 Å². The molecule has 0 aliphatic rings. The number of aryl methyl sites for hydroxylation is 1. The number of aromatic nitrogens is 3. The van der Waals surface area contributed by atoms with E-state index in [1.54, 1.807) is 5.51 Å². The molecule has 2 aromatic heterocycles. The number of hydrogen-bond acceptors (Lipinski definition) is 4. The first-order valence-corrected chi connectivity index (χ1v) is 8.72. The quantitative estimate of drug-likeness (QED) is 0.769. The maximum absolute atomic E-state index is 12.5. The molecule has 1 N–H and O–H groups in total. The van der Waals surface area contributed by atoms with E-state index >= 15 is 0 Å². The fourth-order valence-electron chi connectivity index (χ4n) is 2.80. The summed E-state index contributed by atoms with van der Waals surface area (Å²) in [5.74, 6) is 0.299. The van der Waals surface area contributed by atoms with Crippen LogP contribution < -0.4 is 5.32 Å². The molecule has 1 aromatic carbocycles. The van der Waals surface area contributed by atoms with E-state index in [0.717, 1.165) is 17.1 Å². The van der Waals surface area contributed by atoms with E-state index in [2.05, 4.69) is 58.2 Å². The normalized spacial score (nSPS) is 11.0. The van der Waals surface area contributed by atoms with Crippen molar-refractivity contribution in [1.29, 1.82) is 0 Å². The largest absolute Gasteiger partial charge is 0.318 e. The highest BCUT2D eigenvalue weighted by Gasteiger charge is 2.18. The van der Waals surface area contributed by atoms with Gasteiger partial charge in [-0.15, -0.1) is 10.2 Å². The summed E-state index contributed by atoms with van der Waals surface area (Å²) in [6, 6.07) is 10.3. The van der Waals surface area contributed by atoms with Gasteiger partial charge in [0.15, 0.2) is 0 Å². The molecule has 6 heteroatoms. The molecule has 5 nitrogen and oxygen atoms in total. The monoisotopic (exact) mass is 340 g/mol. The number of nitrogens with zero attached hydrogens (tertiary/aromatic N) is 3. The van der Waals surface area contributed by atoms with Gasteiger partial charge in [-0.3, -0.25) is 10.1 Å². The molecule has 24 heavy (non-hydrogen) atoms. The van der Waals surface area contributed by atoms with Gasteiger partial charge in [0.1, 0.15) is 5.51 Å². The Morgan fingerprint density at radius 1 is 1.25 bits per heavy atom. The standard InChI is InChI=1S/C18H20N4OS/c1-11(2)14-6-5-7-15(9-14)22-12(3)8-16(13(22)4)17(23)20-18-21-19-10-24-18/h5-11H,1-4H3,(H,20,21,23). The van der Waals surface area contributed by atoms with Crippen LogP contribution >= 0.6 is 11.3 Å². The van der Waals surface area contributed by atoms with Crippen LogP contribution in [0.4, 0.5) is 5.13 Å². The molecule has 124 valence electrons. The number of carbonyl (C=O) groups is 1. The van der Waals surface area contributed by atoms with Crippen molar-refractivity contribution in [3.63, 3.8) is 0 Å². The third-order valence-electron chi connectivity index (χ3n) is 4.05. The predicted molar refractivity (Wildman–Crippen MR) is 97.2 cm³/mol.